The first-order chi connectivity index (χ1) is 8.63. The van der Waals surface area contributed by atoms with Gasteiger partial charge in [-0.2, -0.15) is 24.4 Å². The molecule has 18 heavy (non-hydrogen) atoms. The van der Waals surface area contributed by atoms with Crippen LogP contribution in [-0.4, -0.2) is 66.2 Å². The van der Waals surface area contributed by atoms with Crippen LogP contribution in [0.5, 0.6) is 0 Å². The highest BCUT2D eigenvalue weighted by molar-refractivity contribution is 7.99. The van der Waals surface area contributed by atoms with E-state index >= 15 is 0 Å². The van der Waals surface area contributed by atoms with Crippen LogP contribution in [0.4, 0.5) is 0 Å². The third-order valence-corrected chi connectivity index (χ3v) is 4.02. The second-order valence-electron chi connectivity index (χ2n) is 4.18. The van der Waals surface area contributed by atoms with Gasteiger partial charge < -0.3 is 10.6 Å². The molecule has 0 aromatic rings. The minimum atomic E-state index is -0.539. The van der Waals surface area contributed by atoms with Crippen molar-refractivity contribution < 1.29 is 9.59 Å². The molecule has 0 aliphatic carbocycles. The van der Waals surface area contributed by atoms with Gasteiger partial charge in [0.25, 0.3) is 0 Å². The number of nitrogens with one attached hydrogen (secondary N) is 2. The zero-order valence-corrected chi connectivity index (χ0v) is 12.4. The van der Waals surface area contributed by atoms with Gasteiger partial charge in [0.15, 0.2) is 0 Å². The maximum absolute atomic E-state index is 11.8. The summed E-state index contributed by atoms with van der Waals surface area (Å²) in [6.07, 6.45) is 0. The smallest absolute Gasteiger partial charge is 0.243 e. The van der Waals surface area contributed by atoms with Crippen molar-refractivity contribution in [1.29, 1.82) is 0 Å². The van der Waals surface area contributed by atoms with E-state index < -0.39 is 6.04 Å². The van der Waals surface area contributed by atoms with Crippen LogP contribution in [0.25, 0.3) is 0 Å². The van der Waals surface area contributed by atoms with Crippen LogP contribution in [0, 0.1) is 0 Å². The minimum absolute atomic E-state index is 0.161. The number of thiol groups is 1. The van der Waals surface area contributed by atoms with E-state index in [-0.39, 0.29) is 11.8 Å². The third kappa shape index (κ3) is 5.97. The molecular formula is C11H21N3O2S2. The Hall–Kier alpha value is -0.400. The molecule has 1 aliphatic rings. The average Bonchev–Trinajstić information content (AvgIpc) is 2.36. The lowest BCUT2D eigenvalue weighted by Crippen LogP contribution is -2.49. The molecule has 0 aromatic heterocycles. The maximum atomic E-state index is 11.8. The Morgan fingerprint density at radius 2 is 2.06 bits per heavy atom. The lowest BCUT2D eigenvalue weighted by atomic mass is 10.3. The van der Waals surface area contributed by atoms with Crippen LogP contribution < -0.4 is 10.6 Å². The van der Waals surface area contributed by atoms with Crippen molar-refractivity contribution in [2.45, 2.75) is 13.0 Å². The van der Waals surface area contributed by atoms with Crippen molar-refractivity contribution in [3.8, 4) is 0 Å². The van der Waals surface area contributed by atoms with Gasteiger partial charge in [0.2, 0.25) is 11.8 Å². The second-order valence-corrected chi connectivity index (χ2v) is 5.77. The number of carbonyl (C=O) groups is 2. The van der Waals surface area contributed by atoms with E-state index in [1.165, 1.54) is 18.4 Å². The molecule has 1 unspecified atom stereocenters. The molecule has 0 radical (unpaired) electrons. The summed E-state index contributed by atoms with van der Waals surface area (Å²) in [5.74, 6) is 2.27. The van der Waals surface area contributed by atoms with E-state index in [9.17, 15) is 9.59 Å². The number of hydrogen-bond acceptors (Lipinski definition) is 5. The molecule has 1 heterocycles. The predicted molar refractivity (Wildman–Crippen MR) is 78.2 cm³/mol. The molecule has 0 aromatic carbocycles. The van der Waals surface area contributed by atoms with E-state index in [2.05, 4.69) is 28.2 Å². The van der Waals surface area contributed by atoms with Gasteiger partial charge in [-0.1, -0.05) is 0 Å². The van der Waals surface area contributed by atoms with E-state index in [4.69, 9.17) is 0 Å². The number of carbonyl (C=O) groups excluding carboxylic acids is 2. The van der Waals surface area contributed by atoms with Crippen molar-refractivity contribution in [1.82, 2.24) is 15.5 Å². The van der Waals surface area contributed by atoms with E-state index in [0.29, 0.717) is 12.3 Å². The lowest BCUT2D eigenvalue weighted by Gasteiger charge is -2.26. The molecule has 0 saturated carbocycles. The number of thioether (sulfide) groups is 1. The summed E-state index contributed by atoms with van der Waals surface area (Å²) in [4.78, 5) is 25.0. The van der Waals surface area contributed by atoms with Crippen LogP contribution in [0.2, 0.25) is 0 Å². The van der Waals surface area contributed by atoms with Crippen molar-refractivity contribution >= 4 is 36.2 Å². The van der Waals surface area contributed by atoms with E-state index in [0.717, 1.165) is 19.6 Å². The van der Waals surface area contributed by atoms with Gasteiger partial charge in [0, 0.05) is 50.4 Å². The molecule has 1 atom stereocenters. The maximum Gasteiger partial charge on any atom is 0.243 e. The molecule has 2 amide bonds. The van der Waals surface area contributed by atoms with Gasteiger partial charge in [-0.05, 0) is 0 Å². The fourth-order valence-corrected chi connectivity index (χ4v) is 2.96. The van der Waals surface area contributed by atoms with Gasteiger partial charge in [-0.15, -0.1) is 0 Å². The summed E-state index contributed by atoms with van der Waals surface area (Å²) < 4.78 is 0. The van der Waals surface area contributed by atoms with Crippen molar-refractivity contribution in [2.75, 3.05) is 43.4 Å². The van der Waals surface area contributed by atoms with Crippen LogP contribution >= 0.6 is 24.4 Å². The van der Waals surface area contributed by atoms with Crippen LogP contribution in [-0.2, 0) is 9.59 Å². The summed E-state index contributed by atoms with van der Waals surface area (Å²) in [7, 11) is 0. The molecule has 7 heteroatoms. The fraction of sp³-hybridized carbons (Fsp3) is 0.818. The molecular weight excluding hydrogens is 270 g/mol. The molecule has 1 aliphatic heterocycles. The van der Waals surface area contributed by atoms with Crippen LogP contribution in [0.15, 0.2) is 0 Å². The Morgan fingerprint density at radius 3 is 2.61 bits per heavy atom. The Kier molecular flexibility index (Phi) is 7.53. The zero-order valence-electron chi connectivity index (χ0n) is 10.6. The molecule has 104 valence electrons. The SMILES string of the molecule is CC(=O)NC(CS)C(=O)NCCN1CCSCC1. The van der Waals surface area contributed by atoms with Gasteiger partial charge in [0.05, 0.1) is 0 Å². The van der Waals surface area contributed by atoms with E-state index in [1.54, 1.807) is 0 Å². The molecule has 5 nitrogen and oxygen atoms in total. The predicted octanol–water partition coefficient (Wildman–Crippen LogP) is -0.414. The summed E-state index contributed by atoms with van der Waals surface area (Å²) in [5.41, 5.74) is 0. The Balaban J connectivity index is 2.20. The third-order valence-electron chi connectivity index (χ3n) is 2.71. The topological polar surface area (TPSA) is 61.4 Å². The summed E-state index contributed by atoms with van der Waals surface area (Å²) in [6, 6.07) is -0.539. The Labute approximate surface area is 118 Å². The van der Waals surface area contributed by atoms with Gasteiger partial charge >= 0.3 is 0 Å². The molecule has 0 spiro atoms. The quantitative estimate of drug-likeness (QED) is 0.582. The highest BCUT2D eigenvalue weighted by atomic mass is 32.2. The summed E-state index contributed by atoms with van der Waals surface area (Å²) in [5, 5.41) is 5.41. The van der Waals surface area contributed by atoms with Crippen molar-refractivity contribution in [3.63, 3.8) is 0 Å². The monoisotopic (exact) mass is 291 g/mol. The summed E-state index contributed by atoms with van der Waals surface area (Å²) in [6.45, 7) is 5.05. The molecule has 2 N–H and O–H groups in total. The Morgan fingerprint density at radius 1 is 1.39 bits per heavy atom. The average molecular weight is 291 g/mol. The van der Waals surface area contributed by atoms with Gasteiger partial charge in [-0.3, -0.25) is 14.5 Å². The molecule has 1 saturated heterocycles. The minimum Gasteiger partial charge on any atom is -0.353 e. The van der Waals surface area contributed by atoms with Crippen LogP contribution in [0.1, 0.15) is 6.92 Å². The first-order valence-electron chi connectivity index (χ1n) is 6.09. The largest absolute Gasteiger partial charge is 0.353 e. The first-order valence-corrected chi connectivity index (χ1v) is 7.88. The molecule has 1 fully saturated rings. The molecule has 0 bridgehead atoms. The van der Waals surface area contributed by atoms with Gasteiger partial charge in [-0.25, -0.2) is 0 Å². The van der Waals surface area contributed by atoms with Crippen LogP contribution in [0.3, 0.4) is 0 Å². The number of amides is 2. The Bertz CT molecular complexity index is 283. The van der Waals surface area contributed by atoms with Crippen molar-refractivity contribution in [3.05, 3.63) is 0 Å². The zero-order chi connectivity index (χ0) is 13.4. The fourth-order valence-electron chi connectivity index (χ4n) is 1.72. The first kappa shape index (κ1) is 15.7. The van der Waals surface area contributed by atoms with Gasteiger partial charge in [0.1, 0.15) is 6.04 Å². The standard InChI is InChI=1S/C11H21N3O2S2/c1-9(15)13-10(8-17)11(16)12-2-3-14-4-6-18-7-5-14/h10,17H,2-8H2,1H3,(H,12,16)(H,13,15). The molecule has 1 rings (SSSR count). The highest BCUT2D eigenvalue weighted by Crippen LogP contribution is 2.07. The normalized spacial score (nSPS) is 18.1. The highest BCUT2D eigenvalue weighted by Gasteiger charge is 2.17. The lowest BCUT2D eigenvalue weighted by molar-refractivity contribution is -0.127. The second kappa shape index (κ2) is 8.66. The summed E-state index contributed by atoms with van der Waals surface area (Å²) >= 11 is 6.03. The number of rotatable bonds is 6. The number of nitrogens with zero attached hydrogens (tertiary/aromatic N) is 1. The van der Waals surface area contributed by atoms with Crippen molar-refractivity contribution in [2.24, 2.45) is 0 Å². The van der Waals surface area contributed by atoms with E-state index in [1.807, 2.05) is 11.8 Å². The number of hydrogen-bond donors (Lipinski definition) is 3.